The predicted octanol–water partition coefficient (Wildman–Crippen LogP) is 4.56. The van der Waals surface area contributed by atoms with Gasteiger partial charge in [-0.1, -0.05) is 12.5 Å². The molecule has 2 fully saturated rings. The number of fused-ring (bicyclic) bond motifs is 2. The van der Waals surface area contributed by atoms with E-state index >= 15 is 0 Å². The fourth-order valence-electron chi connectivity index (χ4n) is 6.02. The minimum absolute atomic E-state index is 0.00507. The molecule has 204 valence electrons. The van der Waals surface area contributed by atoms with Crippen molar-refractivity contribution < 1.29 is 4.79 Å². The number of carbonyl (C=O) groups excluding carboxylic acids is 1. The van der Waals surface area contributed by atoms with Gasteiger partial charge in [0.1, 0.15) is 5.69 Å². The van der Waals surface area contributed by atoms with E-state index in [0.717, 1.165) is 84.2 Å². The number of aryl methyl sites for hydroxylation is 1. The number of likely N-dealkylation sites (tertiary alicyclic amines) is 1. The van der Waals surface area contributed by atoms with Crippen LogP contribution in [0.3, 0.4) is 0 Å². The van der Waals surface area contributed by atoms with E-state index in [4.69, 9.17) is 4.98 Å². The summed E-state index contributed by atoms with van der Waals surface area (Å²) in [5, 5.41) is 12.3. The van der Waals surface area contributed by atoms with Gasteiger partial charge in [0.2, 0.25) is 0 Å². The maximum absolute atomic E-state index is 13.1. The average Bonchev–Trinajstić information content (AvgIpc) is 3.32. The average molecular weight is 526 g/mol. The van der Waals surface area contributed by atoms with Crippen molar-refractivity contribution in [3.8, 4) is 11.3 Å². The molecule has 2 saturated heterocycles. The van der Waals surface area contributed by atoms with E-state index < -0.39 is 0 Å². The van der Waals surface area contributed by atoms with E-state index in [2.05, 4.69) is 50.1 Å². The molecule has 0 spiro atoms. The van der Waals surface area contributed by atoms with Crippen molar-refractivity contribution in [3.63, 3.8) is 0 Å². The zero-order chi connectivity index (χ0) is 26.6. The number of nitrogens with zero attached hydrogens (tertiary/aromatic N) is 4. The number of anilines is 1. The number of carbonyl (C=O) groups is 1. The van der Waals surface area contributed by atoms with Gasteiger partial charge in [0.15, 0.2) is 0 Å². The minimum atomic E-state index is -0.00507. The molecule has 1 aromatic carbocycles. The topological polar surface area (TPSA) is 87.1 Å². The van der Waals surface area contributed by atoms with Gasteiger partial charge in [-0.25, -0.2) is 4.98 Å². The zero-order valence-electron chi connectivity index (χ0n) is 22.9. The number of hydrogen-bond acceptors (Lipinski definition) is 6. The Bertz CT molecular complexity index is 1450. The van der Waals surface area contributed by atoms with Crippen LogP contribution < -0.4 is 16.0 Å². The zero-order valence-corrected chi connectivity index (χ0v) is 22.9. The second-order valence-electron chi connectivity index (χ2n) is 11.0. The first kappa shape index (κ1) is 25.8. The van der Waals surface area contributed by atoms with Crippen LogP contribution in [0.2, 0.25) is 0 Å². The molecule has 5 heterocycles. The highest BCUT2D eigenvalue weighted by Gasteiger charge is 2.20. The lowest BCUT2D eigenvalue weighted by Gasteiger charge is -2.26. The van der Waals surface area contributed by atoms with Gasteiger partial charge in [-0.15, -0.1) is 0 Å². The van der Waals surface area contributed by atoms with E-state index in [1.165, 1.54) is 32.4 Å². The third-order valence-corrected chi connectivity index (χ3v) is 8.27. The maximum atomic E-state index is 13.1. The van der Waals surface area contributed by atoms with Crippen molar-refractivity contribution in [2.24, 2.45) is 7.05 Å². The summed E-state index contributed by atoms with van der Waals surface area (Å²) in [5.74, 6) is -0.00507. The van der Waals surface area contributed by atoms with Crippen LogP contribution in [0.4, 0.5) is 5.69 Å². The van der Waals surface area contributed by atoms with Crippen molar-refractivity contribution in [1.82, 2.24) is 30.1 Å². The molecule has 1 amide bonds. The summed E-state index contributed by atoms with van der Waals surface area (Å²) in [5.41, 5.74) is 5.67. The molecule has 0 radical (unpaired) electrons. The van der Waals surface area contributed by atoms with Crippen molar-refractivity contribution in [1.29, 1.82) is 0 Å². The monoisotopic (exact) mass is 525 g/mol. The number of amides is 1. The summed E-state index contributed by atoms with van der Waals surface area (Å²) < 4.78 is 1.99. The molecule has 8 heteroatoms. The van der Waals surface area contributed by atoms with Crippen LogP contribution >= 0.6 is 0 Å². The number of piperidine rings is 2. The second kappa shape index (κ2) is 11.7. The molecule has 6 rings (SSSR count). The lowest BCUT2D eigenvalue weighted by atomic mass is 10.1. The number of benzene rings is 1. The van der Waals surface area contributed by atoms with Crippen LogP contribution in [0, 0.1) is 0 Å². The van der Waals surface area contributed by atoms with E-state index in [1.54, 1.807) is 6.20 Å². The Kier molecular flexibility index (Phi) is 7.74. The molecule has 0 aliphatic carbocycles. The molecule has 4 aromatic rings. The van der Waals surface area contributed by atoms with Gasteiger partial charge >= 0.3 is 0 Å². The Labute approximate surface area is 230 Å². The maximum Gasteiger partial charge on any atom is 0.268 e. The summed E-state index contributed by atoms with van der Waals surface area (Å²) in [4.78, 5) is 25.0. The molecule has 8 nitrogen and oxygen atoms in total. The third-order valence-electron chi connectivity index (χ3n) is 8.27. The van der Waals surface area contributed by atoms with Gasteiger partial charge in [0, 0.05) is 59.6 Å². The Hall–Kier alpha value is -3.49. The first-order valence-corrected chi connectivity index (χ1v) is 14.5. The van der Waals surface area contributed by atoms with Gasteiger partial charge in [0.25, 0.3) is 5.91 Å². The molecular weight excluding hydrogens is 486 g/mol. The van der Waals surface area contributed by atoms with E-state index in [-0.39, 0.29) is 11.9 Å². The van der Waals surface area contributed by atoms with Crippen LogP contribution in [0.25, 0.3) is 33.1 Å². The molecule has 0 bridgehead atoms. The summed E-state index contributed by atoms with van der Waals surface area (Å²) in [6.45, 7) is 6.42. The second-order valence-corrected chi connectivity index (χ2v) is 11.0. The Balaban J connectivity index is 1.23. The SMILES string of the molecule is Cn1c(C(=O)NC2CCNCC2)cc2cc(-c3cc(NCCCN4CCCCC4)c4cnccc4n3)ccc21. The minimum Gasteiger partial charge on any atom is -0.384 e. The summed E-state index contributed by atoms with van der Waals surface area (Å²) in [6.07, 6.45) is 10.8. The molecule has 2 aliphatic heterocycles. The van der Waals surface area contributed by atoms with Crippen LogP contribution in [0.15, 0.2) is 48.8 Å². The smallest absolute Gasteiger partial charge is 0.268 e. The molecule has 39 heavy (non-hydrogen) atoms. The van der Waals surface area contributed by atoms with Crippen molar-refractivity contribution in [3.05, 3.63) is 54.5 Å². The van der Waals surface area contributed by atoms with Gasteiger partial charge in [-0.3, -0.25) is 9.78 Å². The largest absolute Gasteiger partial charge is 0.384 e. The summed E-state index contributed by atoms with van der Waals surface area (Å²) >= 11 is 0. The van der Waals surface area contributed by atoms with Crippen LogP contribution in [0.1, 0.15) is 49.0 Å². The Morgan fingerprint density at radius 2 is 1.92 bits per heavy atom. The number of nitrogens with one attached hydrogen (secondary N) is 3. The number of hydrogen-bond donors (Lipinski definition) is 3. The first-order chi connectivity index (χ1) is 19.2. The molecule has 0 atom stereocenters. The fraction of sp³-hybridized carbons (Fsp3) is 0.452. The number of rotatable bonds is 8. The van der Waals surface area contributed by atoms with E-state index in [0.29, 0.717) is 5.69 Å². The lowest BCUT2D eigenvalue weighted by molar-refractivity contribution is 0.0921. The van der Waals surface area contributed by atoms with Crippen molar-refractivity contribution in [2.75, 3.05) is 44.6 Å². The van der Waals surface area contributed by atoms with Gasteiger partial charge < -0.3 is 25.4 Å². The molecule has 0 unspecified atom stereocenters. The quantitative estimate of drug-likeness (QED) is 0.293. The normalized spacial score (nSPS) is 17.1. The lowest BCUT2D eigenvalue weighted by Crippen LogP contribution is -2.43. The summed E-state index contributed by atoms with van der Waals surface area (Å²) in [7, 11) is 1.96. The van der Waals surface area contributed by atoms with Crippen molar-refractivity contribution >= 4 is 33.4 Å². The Morgan fingerprint density at radius 3 is 2.77 bits per heavy atom. The van der Waals surface area contributed by atoms with Crippen LogP contribution in [0.5, 0.6) is 0 Å². The first-order valence-electron chi connectivity index (χ1n) is 14.5. The fourth-order valence-corrected chi connectivity index (χ4v) is 6.02. The number of aromatic nitrogens is 3. The van der Waals surface area contributed by atoms with Crippen LogP contribution in [-0.4, -0.2) is 70.7 Å². The standard InChI is InChI=1S/C31H39N7O/c1-37-29-7-6-22(18-23(29)19-30(37)31(39)35-24-8-12-32-13-9-24)27-20-28(25-21-33-14-10-26(25)36-27)34-11-5-17-38-15-3-2-4-16-38/h6-7,10,14,18-21,24,32H,2-5,8-9,11-13,15-17H2,1H3,(H,34,36)(H,35,39). The van der Waals surface area contributed by atoms with Gasteiger partial charge in [-0.05, 0) is 95.2 Å². The van der Waals surface area contributed by atoms with Gasteiger partial charge in [-0.2, -0.15) is 0 Å². The van der Waals surface area contributed by atoms with Gasteiger partial charge in [0.05, 0.1) is 11.2 Å². The molecule has 3 N–H and O–H groups in total. The molecular formula is C31H39N7O. The van der Waals surface area contributed by atoms with Crippen LogP contribution in [-0.2, 0) is 7.05 Å². The highest BCUT2D eigenvalue weighted by atomic mass is 16.2. The molecule has 3 aromatic heterocycles. The highest BCUT2D eigenvalue weighted by Crippen LogP contribution is 2.30. The number of pyridine rings is 2. The Morgan fingerprint density at radius 1 is 1.08 bits per heavy atom. The van der Waals surface area contributed by atoms with E-state index in [1.807, 2.05) is 29.9 Å². The summed E-state index contributed by atoms with van der Waals surface area (Å²) in [6, 6.07) is 12.7. The molecule has 0 saturated carbocycles. The van der Waals surface area contributed by atoms with Crippen molar-refractivity contribution in [2.45, 2.75) is 44.6 Å². The molecule has 2 aliphatic rings. The predicted molar refractivity (Wildman–Crippen MR) is 158 cm³/mol. The highest BCUT2D eigenvalue weighted by molar-refractivity contribution is 6.00. The third kappa shape index (κ3) is 5.77. The van der Waals surface area contributed by atoms with E-state index in [9.17, 15) is 4.79 Å².